The van der Waals surface area contributed by atoms with Crippen LogP contribution in [-0.4, -0.2) is 36.0 Å². The van der Waals surface area contributed by atoms with Crippen molar-refractivity contribution >= 4 is 33.0 Å². The van der Waals surface area contributed by atoms with Crippen molar-refractivity contribution in [2.45, 2.75) is 42.2 Å². The van der Waals surface area contributed by atoms with E-state index in [1.807, 2.05) is 0 Å². The summed E-state index contributed by atoms with van der Waals surface area (Å²) in [5.74, 6) is 2.10. The predicted octanol–water partition coefficient (Wildman–Crippen LogP) is 3.31. The van der Waals surface area contributed by atoms with E-state index in [-0.39, 0.29) is 5.92 Å². The van der Waals surface area contributed by atoms with E-state index in [1.54, 1.807) is 16.4 Å². The normalized spacial score (nSPS) is 22.8. The molecule has 2 fully saturated rings. The highest BCUT2D eigenvalue weighted by molar-refractivity contribution is 7.91. The van der Waals surface area contributed by atoms with Gasteiger partial charge in [-0.25, -0.2) is 8.42 Å². The molecule has 0 bridgehead atoms. The first-order valence-corrected chi connectivity index (χ1v) is 10.7. The van der Waals surface area contributed by atoms with Crippen LogP contribution in [0.5, 0.6) is 0 Å². The minimum absolute atomic E-state index is 0.205. The second-order valence-electron chi connectivity index (χ2n) is 6.45. The Morgan fingerprint density at radius 2 is 2.17 bits per heavy atom. The maximum atomic E-state index is 12.7. The van der Waals surface area contributed by atoms with E-state index in [4.69, 9.17) is 16.1 Å². The quantitative estimate of drug-likeness (QED) is 0.786. The summed E-state index contributed by atoms with van der Waals surface area (Å²) in [6.07, 6.45) is 4.72. The molecule has 0 aromatic carbocycles. The minimum Gasteiger partial charge on any atom is -0.339 e. The summed E-state index contributed by atoms with van der Waals surface area (Å²) in [7, 11) is -3.46. The molecule has 1 saturated heterocycles. The standard InChI is InChI=1S/C15H18ClN3O3S2/c16-12-5-6-14(23-12)24(20,21)19-7-1-2-10(9-19)8-13-17-15(18-22-13)11-3-4-11/h5-6,10-11H,1-4,7-9H2/t10-/m0/s1. The summed E-state index contributed by atoms with van der Waals surface area (Å²) in [6.45, 7) is 1.03. The summed E-state index contributed by atoms with van der Waals surface area (Å²) in [4.78, 5) is 4.45. The number of halogens is 1. The lowest BCUT2D eigenvalue weighted by Gasteiger charge is -2.30. The van der Waals surface area contributed by atoms with E-state index in [0.29, 0.717) is 39.9 Å². The van der Waals surface area contributed by atoms with Crippen molar-refractivity contribution in [3.05, 3.63) is 28.2 Å². The van der Waals surface area contributed by atoms with Crippen LogP contribution in [0.3, 0.4) is 0 Å². The number of hydrogen-bond donors (Lipinski definition) is 0. The van der Waals surface area contributed by atoms with Crippen molar-refractivity contribution in [3.63, 3.8) is 0 Å². The maximum Gasteiger partial charge on any atom is 0.252 e. The third-order valence-corrected chi connectivity index (χ3v) is 8.08. The predicted molar refractivity (Wildman–Crippen MR) is 90.8 cm³/mol. The van der Waals surface area contributed by atoms with E-state index in [2.05, 4.69) is 10.1 Å². The SMILES string of the molecule is O=S(=O)(c1ccc(Cl)s1)N1CCC[C@@H](Cc2nc(C3CC3)no2)C1. The van der Waals surface area contributed by atoms with Crippen LogP contribution in [0.4, 0.5) is 0 Å². The summed E-state index contributed by atoms with van der Waals surface area (Å²) in [6, 6.07) is 3.20. The summed E-state index contributed by atoms with van der Waals surface area (Å²) in [5.41, 5.74) is 0. The van der Waals surface area contributed by atoms with Gasteiger partial charge in [0.15, 0.2) is 5.82 Å². The Balaban J connectivity index is 1.44. The lowest BCUT2D eigenvalue weighted by atomic mass is 9.96. The van der Waals surface area contributed by atoms with E-state index in [1.165, 1.54) is 0 Å². The average molecular weight is 388 g/mol. The van der Waals surface area contributed by atoms with Crippen molar-refractivity contribution in [3.8, 4) is 0 Å². The molecule has 2 aromatic rings. The molecule has 130 valence electrons. The Bertz CT molecular complexity index is 829. The molecule has 2 aromatic heterocycles. The molecule has 0 unspecified atom stereocenters. The topological polar surface area (TPSA) is 76.3 Å². The number of thiophene rings is 1. The lowest BCUT2D eigenvalue weighted by Crippen LogP contribution is -2.40. The Labute approximate surface area is 149 Å². The van der Waals surface area contributed by atoms with Crippen molar-refractivity contribution in [2.75, 3.05) is 13.1 Å². The number of hydrogen-bond acceptors (Lipinski definition) is 6. The number of rotatable bonds is 5. The first-order chi connectivity index (χ1) is 11.5. The Hall–Kier alpha value is -0.960. The van der Waals surface area contributed by atoms with Crippen molar-refractivity contribution in [2.24, 2.45) is 5.92 Å². The fourth-order valence-corrected chi connectivity index (χ4v) is 6.27. The highest BCUT2D eigenvalue weighted by atomic mass is 35.5. The van der Waals surface area contributed by atoms with Crippen LogP contribution < -0.4 is 0 Å². The molecule has 1 aliphatic heterocycles. The van der Waals surface area contributed by atoms with Crippen molar-refractivity contribution < 1.29 is 12.9 Å². The van der Waals surface area contributed by atoms with Gasteiger partial charge in [0.25, 0.3) is 10.0 Å². The lowest BCUT2D eigenvalue weighted by molar-refractivity contribution is 0.247. The summed E-state index contributed by atoms with van der Waals surface area (Å²) >= 11 is 6.98. The fourth-order valence-electron chi connectivity index (χ4n) is 3.08. The highest BCUT2D eigenvalue weighted by Crippen LogP contribution is 2.38. The minimum atomic E-state index is -3.46. The zero-order valence-electron chi connectivity index (χ0n) is 13.0. The molecule has 9 heteroatoms. The Morgan fingerprint density at radius 1 is 1.33 bits per heavy atom. The van der Waals surface area contributed by atoms with Gasteiger partial charge in [-0.15, -0.1) is 11.3 Å². The van der Waals surface area contributed by atoms with Crippen LogP contribution in [0.25, 0.3) is 0 Å². The first-order valence-electron chi connectivity index (χ1n) is 8.10. The van der Waals surface area contributed by atoms with Gasteiger partial charge >= 0.3 is 0 Å². The molecular formula is C15H18ClN3O3S2. The largest absolute Gasteiger partial charge is 0.339 e. The molecule has 6 nitrogen and oxygen atoms in total. The molecule has 0 amide bonds. The van der Waals surface area contributed by atoms with Gasteiger partial charge in [-0.05, 0) is 43.7 Å². The highest BCUT2D eigenvalue weighted by Gasteiger charge is 2.33. The smallest absolute Gasteiger partial charge is 0.252 e. The molecule has 4 rings (SSSR count). The number of nitrogens with zero attached hydrogens (tertiary/aromatic N) is 3. The van der Waals surface area contributed by atoms with Gasteiger partial charge in [0.05, 0.1) is 4.34 Å². The molecule has 0 N–H and O–H groups in total. The molecule has 1 aliphatic carbocycles. The molecule has 24 heavy (non-hydrogen) atoms. The van der Waals surface area contributed by atoms with E-state index < -0.39 is 10.0 Å². The van der Waals surface area contributed by atoms with Gasteiger partial charge in [-0.3, -0.25) is 0 Å². The molecular weight excluding hydrogens is 370 g/mol. The van der Waals surface area contributed by atoms with Crippen LogP contribution >= 0.6 is 22.9 Å². The second-order valence-corrected chi connectivity index (χ2v) is 10.3. The van der Waals surface area contributed by atoms with Gasteiger partial charge in [0.1, 0.15) is 4.21 Å². The first kappa shape index (κ1) is 16.5. The molecule has 1 saturated carbocycles. The summed E-state index contributed by atoms with van der Waals surface area (Å²) in [5, 5.41) is 4.03. The van der Waals surface area contributed by atoms with Gasteiger partial charge < -0.3 is 4.52 Å². The van der Waals surface area contributed by atoms with Gasteiger partial charge in [0.2, 0.25) is 5.89 Å². The van der Waals surface area contributed by atoms with E-state index in [0.717, 1.165) is 42.8 Å². The summed E-state index contributed by atoms with van der Waals surface area (Å²) < 4.78 is 33.1. The van der Waals surface area contributed by atoms with Gasteiger partial charge in [-0.2, -0.15) is 9.29 Å². The third kappa shape index (κ3) is 3.37. The number of sulfonamides is 1. The van der Waals surface area contributed by atoms with Crippen LogP contribution in [-0.2, 0) is 16.4 Å². The van der Waals surface area contributed by atoms with Gasteiger partial charge in [0, 0.05) is 25.4 Å². The van der Waals surface area contributed by atoms with Crippen LogP contribution in [0, 0.1) is 5.92 Å². The van der Waals surface area contributed by atoms with Crippen LogP contribution in [0.15, 0.2) is 20.9 Å². The maximum absolute atomic E-state index is 12.7. The molecule has 0 spiro atoms. The molecule has 1 atom stereocenters. The Kier molecular flexibility index (Phi) is 4.40. The van der Waals surface area contributed by atoms with E-state index in [9.17, 15) is 8.42 Å². The molecule has 0 radical (unpaired) electrons. The van der Waals surface area contributed by atoms with Crippen LogP contribution in [0.1, 0.15) is 43.3 Å². The number of piperidine rings is 1. The average Bonchev–Trinajstić information content (AvgIpc) is 3.15. The van der Waals surface area contributed by atoms with Crippen LogP contribution in [0.2, 0.25) is 4.34 Å². The molecule has 3 heterocycles. The van der Waals surface area contributed by atoms with Crippen molar-refractivity contribution in [1.82, 2.24) is 14.4 Å². The zero-order chi connectivity index (χ0) is 16.7. The second kappa shape index (κ2) is 6.40. The van der Waals surface area contributed by atoms with Crippen molar-refractivity contribution in [1.29, 1.82) is 0 Å². The fraction of sp³-hybridized carbons (Fsp3) is 0.600. The zero-order valence-corrected chi connectivity index (χ0v) is 15.4. The third-order valence-electron chi connectivity index (χ3n) is 4.51. The number of aromatic nitrogens is 2. The van der Waals surface area contributed by atoms with E-state index >= 15 is 0 Å². The van der Waals surface area contributed by atoms with Gasteiger partial charge in [-0.1, -0.05) is 16.8 Å². The Morgan fingerprint density at radius 3 is 2.88 bits per heavy atom. The molecule has 2 aliphatic rings. The monoisotopic (exact) mass is 387 g/mol.